The van der Waals surface area contributed by atoms with Gasteiger partial charge in [-0.1, -0.05) is 0 Å². The molecule has 1 rings (SSSR count). The van der Waals surface area contributed by atoms with E-state index >= 15 is 0 Å². The number of nitrogens with two attached hydrogens (primary N) is 1. The zero-order valence-corrected chi connectivity index (χ0v) is 7.01. The van der Waals surface area contributed by atoms with Gasteiger partial charge in [0.25, 0.3) is 0 Å². The van der Waals surface area contributed by atoms with Crippen molar-refractivity contribution >= 4 is 12.4 Å². The SMILES string of the molecule is Cl.NCC1(O)CCOCC1O. The van der Waals surface area contributed by atoms with Crippen molar-refractivity contribution in [1.29, 1.82) is 0 Å². The Morgan fingerprint density at radius 2 is 2.27 bits per heavy atom. The lowest BCUT2D eigenvalue weighted by atomic mass is 9.92. The highest BCUT2D eigenvalue weighted by Gasteiger charge is 2.36. The third kappa shape index (κ3) is 2.28. The number of ether oxygens (including phenoxy) is 1. The summed E-state index contributed by atoms with van der Waals surface area (Å²) in [5.41, 5.74) is 4.15. The summed E-state index contributed by atoms with van der Waals surface area (Å²) >= 11 is 0. The first-order valence-electron chi connectivity index (χ1n) is 3.37. The van der Waals surface area contributed by atoms with E-state index in [0.717, 1.165) is 0 Å². The summed E-state index contributed by atoms with van der Waals surface area (Å²) < 4.78 is 4.91. The Labute approximate surface area is 71.8 Å². The molecule has 0 radical (unpaired) electrons. The van der Waals surface area contributed by atoms with Gasteiger partial charge in [-0.05, 0) is 0 Å². The van der Waals surface area contributed by atoms with Crippen LogP contribution in [0.1, 0.15) is 6.42 Å². The summed E-state index contributed by atoms with van der Waals surface area (Å²) in [4.78, 5) is 0. The Bertz CT molecular complexity index is 124. The molecule has 0 bridgehead atoms. The van der Waals surface area contributed by atoms with Crippen LogP contribution < -0.4 is 5.73 Å². The summed E-state index contributed by atoms with van der Waals surface area (Å²) in [5, 5.41) is 18.7. The van der Waals surface area contributed by atoms with Crippen molar-refractivity contribution in [3.63, 3.8) is 0 Å². The summed E-state index contributed by atoms with van der Waals surface area (Å²) in [7, 11) is 0. The number of hydrogen-bond donors (Lipinski definition) is 3. The van der Waals surface area contributed by atoms with E-state index in [-0.39, 0.29) is 25.6 Å². The molecule has 4 nitrogen and oxygen atoms in total. The van der Waals surface area contributed by atoms with Crippen LogP contribution in [0.4, 0.5) is 0 Å². The van der Waals surface area contributed by atoms with Gasteiger partial charge in [0, 0.05) is 19.6 Å². The molecule has 0 aromatic rings. The van der Waals surface area contributed by atoms with Crippen molar-refractivity contribution in [2.24, 2.45) is 5.73 Å². The van der Waals surface area contributed by atoms with E-state index in [4.69, 9.17) is 10.5 Å². The van der Waals surface area contributed by atoms with E-state index in [1.54, 1.807) is 0 Å². The lowest BCUT2D eigenvalue weighted by Crippen LogP contribution is -2.54. The van der Waals surface area contributed by atoms with Crippen molar-refractivity contribution in [3.05, 3.63) is 0 Å². The lowest BCUT2D eigenvalue weighted by molar-refractivity contribution is -0.146. The minimum atomic E-state index is -1.11. The van der Waals surface area contributed by atoms with Gasteiger partial charge in [-0.3, -0.25) is 0 Å². The average molecular weight is 184 g/mol. The van der Waals surface area contributed by atoms with Crippen LogP contribution in [0.5, 0.6) is 0 Å². The third-order valence-electron chi connectivity index (χ3n) is 1.93. The molecule has 0 aliphatic carbocycles. The molecule has 1 fully saturated rings. The van der Waals surface area contributed by atoms with Crippen molar-refractivity contribution in [2.75, 3.05) is 19.8 Å². The van der Waals surface area contributed by atoms with Crippen LogP contribution in [0, 0.1) is 0 Å². The molecule has 4 N–H and O–H groups in total. The van der Waals surface area contributed by atoms with Gasteiger partial charge in [0.05, 0.1) is 6.61 Å². The van der Waals surface area contributed by atoms with Gasteiger partial charge in [0.2, 0.25) is 0 Å². The minimum Gasteiger partial charge on any atom is -0.388 e. The van der Waals surface area contributed by atoms with Gasteiger partial charge in [0.15, 0.2) is 0 Å². The molecule has 0 aromatic carbocycles. The monoisotopic (exact) mass is 183 g/mol. The highest BCUT2D eigenvalue weighted by molar-refractivity contribution is 5.85. The Morgan fingerprint density at radius 1 is 1.64 bits per heavy atom. The predicted octanol–water partition coefficient (Wildman–Crippen LogP) is -1.12. The number of aliphatic hydroxyl groups is 2. The molecule has 0 spiro atoms. The molecular weight excluding hydrogens is 170 g/mol. The molecule has 11 heavy (non-hydrogen) atoms. The number of hydrogen-bond acceptors (Lipinski definition) is 4. The molecule has 1 aliphatic rings. The molecule has 2 unspecified atom stereocenters. The summed E-state index contributed by atoms with van der Waals surface area (Å²) in [6.07, 6.45) is -0.406. The second-order valence-electron chi connectivity index (χ2n) is 2.65. The maximum Gasteiger partial charge on any atom is 0.107 e. The molecule has 5 heteroatoms. The second kappa shape index (κ2) is 4.23. The van der Waals surface area contributed by atoms with Crippen molar-refractivity contribution < 1.29 is 14.9 Å². The van der Waals surface area contributed by atoms with E-state index in [0.29, 0.717) is 13.0 Å². The fraction of sp³-hybridized carbons (Fsp3) is 1.00. The van der Waals surface area contributed by atoms with Crippen LogP contribution in [0.2, 0.25) is 0 Å². The van der Waals surface area contributed by atoms with Crippen LogP contribution in [0.3, 0.4) is 0 Å². The Morgan fingerprint density at radius 3 is 2.64 bits per heavy atom. The Hall–Kier alpha value is 0.130. The summed E-state index contributed by atoms with van der Waals surface area (Å²) in [6, 6.07) is 0. The lowest BCUT2D eigenvalue weighted by Gasteiger charge is -2.35. The Balaban J connectivity index is 0.000001000. The second-order valence-corrected chi connectivity index (χ2v) is 2.65. The maximum absolute atomic E-state index is 9.49. The summed E-state index contributed by atoms with van der Waals surface area (Å²) in [6.45, 7) is 0.760. The molecule has 0 aromatic heterocycles. The summed E-state index contributed by atoms with van der Waals surface area (Å²) in [5.74, 6) is 0. The topological polar surface area (TPSA) is 75.7 Å². The van der Waals surface area contributed by atoms with E-state index in [2.05, 4.69) is 0 Å². The largest absolute Gasteiger partial charge is 0.388 e. The van der Waals surface area contributed by atoms with Crippen molar-refractivity contribution in [1.82, 2.24) is 0 Å². The molecule has 2 atom stereocenters. The highest BCUT2D eigenvalue weighted by Crippen LogP contribution is 2.18. The smallest absolute Gasteiger partial charge is 0.107 e. The number of halogens is 1. The van der Waals surface area contributed by atoms with Gasteiger partial charge in [-0.2, -0.15) is 0 Å². The fourth-order valence-corrected chi connectivity index (χ4v) is 1.00. The quantitative estimate of drug-likeness (QED) is 0.482. The normalized spacial score (nSPS) is 37.9. The maximum atomic E-state index is 9.49. The van der Waals surface area contributed by atoms with Gasteiger partial charge in [0.1, 0.15) is 11.7 Å². The van der Waals surface area contributed by atoms with Gasteiger partial charge in [-0.15, -0.1) is 12.4 Å². The molecule has 1 heterocycles. The number of rotatable bonds is 1. The zero-order chi connectivity index (χ0) is 7.61. The predicted molar refractivity (Wildman–Crippen MR) is 42.7 cm³/mol. The standard InChI is InChI=1S/C6H13NO3.ClH/c7-4-6(9)1-2-10-3-5(6)8;/h5,8-9H,1-4,7H2;1H. The fourth-order valence-electron chi connectivity index (χ4n) is 1.00. The van der Waals surface area contributed by atoms with E-state index < -0.39 is 11.7 Å². The molecule has 0 saturated carbocycles. The van der Waals surface area contributed by atoms with Crippen molar-refractivity contribution in [2.45, 2.75) is 18.1 Å². The van der Waals surface area contributed by atoms with E-state index in [9.17, 15) is 10.2 Å². The van der Waals surface area contributed by atoms with E-state index in [1.807, 2.05) is 0 Å². The molecular formula is C6H14ClNO3. The minimum absolute atomic E-state index is 0. The van der Waals surface area contributed by atoms with Crippen LogP contribution in [0.15, 0.2) is 0 Å². The molecule has 68 valence electrons. The average Bonchev–Trinajstić information content (AvgIpc) is 1.96. The van der Waals surface area contributed by atoms with Gasteiger partial charge < -0.3 is 20.7 Å². The Kier molecular flexibility index (Phi) is 4.28. The van der Waals surface area contributed by atoms with Crippen molar-refractivity contribution in [3.8, 4) is 0 Å². The first-order valence-corrected chi connectivity index (χ1v) is 3.37. The van der Waals surface area contributed by atoms with Gasteiger partial charge >= 0.3 is 0 Å². The first-order chi connectivity index (χ1) is 4.69. The van der Waals surface area contributed by atoms with Crippen LogP contribution in [0.25, 0.3) is 0 Å². The van der Waals surface area contributed by atoms with E-state index in [1.165, 1.54) is 0 Å². The molecule has 0 amide bonds. The highest BCUT2D eigenvalue weighted by atomic mass is 35.5. The zero-order valence-electron chi connectivity index (χ0n) is 6.19. The van der Waals surface area contributed by atoms with Crippen LogP contribution in [-0.4, -0.2) is 41.7 Å². The van der Waals surface area contributed by atoms with Gasteiger partial charge in [-0.25, -0.2) is 0 Å². The third-order valence-corrected chi connectivity index (χ3v) is 1.93. The molecule has 1 saturated heterocycles. The molecule has 1 aliphatic heterocycles. The first kappa shape index (κ1) is 11.1. The number of aliphatic hydroxyl groups excluding tert-OH is 1. The van der Waals surface area contributed by atoms with Crippen LogP contribution >= 0.6 is 12.4 Å². The van der Waals surface area contributed by atoms with Crippen LogP contribution in [-0.2, 0) is 4.74 Å².